The predicted molar refractivity (Wildman–Crippen MR) is 119 cm³/mol. The standard InChI is InChI=1S/C18H19ClO3.C6H13N/c1-12(2)15-6-3-13(4-7-15)11-22-17-8-5-14(9-16(17)19)10-18(20)21;7-6-4-2-1-3-5-6/h3-9,12H,10-11H2,1-2H3,(H,20,21);6H,1-5,7H2. The highest BCUT2D eigenvalue weighted by Gasteiger charge is 2.07. The Balaban J connectivity index is 0.000000360. The second kappa shape index (κ2) is 11.8. The molecule has 1 aliphatic rings. The summed E-state index contributed by atoms with van der Waals surface area (Å²) in [6.45, 7) is 4.74. The zero-order chi connectivity index (χ0) is 21.2. The van der Waals surface area contributed by atoms with E-state index < -0.39 is 5.97 Å². The van der Waals surface area contributed by atoms with E-state index in [1.165, 1.54) is 37.7 Å². The molecule has 0 aromatic heterocycles. The number of carbonyl (C=O) groups is 1. The number of aliphatic carboxylic acids is 1. The van der Waals surface area contributed by atoms with Crippen LogP contribution in [-0.2, 0) is 17.8 Å². The Kier molecular flexibility index (Phi) is 9.49. The zero-order valence-corrected chi connectivity index (χ0v) is 18.1. The third-order valence-electron chi connectivity index (χ3n) is 5.04. The predicted octanol–water partition coefficient (Wildman–Crippen LogP) is 5.95. The Morgan fingerprint density at radius 1 is 1.10 bits per heavy atom. The number of benzene rings is 2. The fraction of sp³-hybridized carbons (Fsp3) is 0.458. The Labute approximate surface area is 179 Å². The van der Waals surface area contributed by atoms with E-state index >= 15 is 0 Å². The first-order valence-corrected chi connectivity index (χ1v) is 10.7. The summed E-state index contributed by atoms with van der Waals surface area (Å²) >= 11 is 6.13. The van der Waals surface area contributed by atoms with E-state index in [9.17, 15) is 4.79 Å². The Morgan fingerprint density at radius 2 is 1.72 bits per heavy atom. The van der Waals surface area contributed by atoms with Gasteiger partial charge in [0.1, 0.15) is 12.4 Å². The lowest BCUT2D eigenvalue weighted by Gasteiger charge is -2.15. The molecule has 2 aromatic carbocycles. The van der Waals surface area contributed by atoms with Crippen LogP contribution in [0.25, 0.3) is 0 Å². The minimum atomic E-state index is -0.880. The molecule has 158 valence electrons. The monoisotopic (exact) mass is 417 g/mol. The molecule has 0 saturated heterocycles. The van der Waals surface area contributed by atoms with Gasteiger partial charge in [0.25, 0.3) is 0 Å². The first kappa shape index (κ1) is 23.2. The van der Waals surface area contributed by atoms with Crippen molar-refractivity contribution in [1.82, 2.24) is 0 Å². The first-order valence-electron chi connectivity index (χ1n) is 10.3. The van der Waals surface area contributed by atoms with E-state index in [4.69, 9.17) is 27.2 Å². The quantitative estimate of drug-likeness (QED) is 0.609. The van der Waals surface area contributed by atoms with Gasteiger partial charge in [0.15, 0.2) is 0 Å². The lowest BCUT2D eigenvalue weighted by molar-refractivity contribution is -0.136. The SMILES string of the molecule is CC(C)c1ccc(COc2ccc(CC(=O)O)cc2Cl)cc1.NC1CCCCC1. The van der Waals surface area contributed by atoms with Crippen LogP contribution in [0.4, 0.5) is 0 Å². The van der Waals surface area contributed by atoms with Crippen LogP contribution in [0.3, 0.4) is 0 Å². The summed E-state index contributed by atoms with van der Waals surface area (Å²) in [4.78, 5) is 10.7. The van der Waals surface area contributed by atoms with Crippen molar-refractivity contribution in [3.8, 4) is 5.75 Å². The first-order chi connectivity index (χ1) is 13.8. The fourth-order valence-corrected chi connectivity index (χ4v) is 3.50. The van der Waals surface area contributed by atoms with Gasteiger partial charge in [0.05, 0.1) is 11.4 Å². The third kappa shape index (κ3) is 8.46. The Bertz CT molecular complexity index is 768. The largest absolute Gasteiger partial charge is 0.487 e. The summed E-state index contributed by atoms with van der Waals surface area (Å²) in [5, 5.41) is 9.19. The van der Waals surface area contributed by atoms with Gasteiger partial charge in [-0.2, -0.15) is 0 Å². The molecule has 0 aliphatic heterocycles. The molecule has 29 heavy (non-hydrogen) atoms. The maximum Gasteiger partial charge on any atom is 0.307 e. The Morgan fingerprint density at radius 3 is 2.21 bits per heavy atom. The molecule has 0 spiro atoms. The van der Waals surface area contributed by atoms with Crippen LogP contribution in [0, 0.1) is 0 Å². The lowest BCUT2D eigenvalue weighted by atomic mass is 9.97. The van der Waals surface area contributed by atoms with E-state index in [0.717, 1.165) is 5.56 Å². The van der Waals surface area contributed by atoms with Gasteiger partial charge < -0.3 is 15.6 Å². The maximum absolute atomic E-state index is 10.7. The number of ether oxygens (including phenoxy) is 1. The molecule has 3 N–H and O–H groups in total. The van der Waals surface area contributed by atoms with Crippen LogP contribution in [0.5, 0.6) is 5.75 Å². The fourth-order valence-electron chi connectivity index (χ4n) is 3.24. The van der Waals surface area contributed by atoms with Crippen LogP contribution in [-0.4, -0.2) is 17.1 Å². The molecular formula is C24H32ClNO3. The molecule has 3 rings (SSSR count). The van der Waals surface area contributed by atoms with E-state index in [2.05, 4.69) is 26.0 Å². The summed E-state index contributed by atoms with van der Waals surface area (Å²) < 4.78 is 5.70. The van der Waals surface area contributed by atoms with Gasteiger partial charge in [0.2, 0.25) is 0 Å². The smallest absolute Gasteiger partial charge is 0.307 e. The summed E-state index contributed by atoms with van der Waals surface area (Å²) in [5.74, 6) is 0.185. The molecule has 5 heteroatoms. The second-order valence-corrected chi connectivity index (χ2v) is 8.33. The highest BCUT2D eigenvalue weighted by molar-refractivity contribution is 6.32. The third-order valence-corrected chi connectivity index (χ3v) is 5.34. The highest BCUT2D eigenvalue weighted by Crippen LogP contribution is 2.27. The van der Waals surface area contributed by atoms with E-state index in [-0.39, 0.29) is 6.42 Å². The number of rotatable bonds is 6. The number of carboxylic acid groups (broad SMARTS) is 1. The van der Waals surface area contributed by atoms with Crippen molar-refractivity contribution in [2.75, 3.05) is 0 Å². The van der Waals surface area contributed by atoms with Gasteiger partial charge in [-0.05, 0) is 47.6 Å². The molecule has 1 saturated carbocycles. The van der Waals surface area contributed by atoms with Gasteiger partial charge in [-0.3, -0.25) is 4.79 Å². The van der Waals surface area contributed by atoms with Crippen LogP contribution in [0.15, 0.2) is 42.5 Å². The number of halogens is 1. The van der Waals surface area contributed by atoms with Crippen molar-refractivity contribution in [3.63, 3.8) is 0 Å². The van der Waals surface area contributed by atoms with E-state index in [1.54, 1.807) is 18.2 Å². The minimum absolute atomic E-state index is 0.0450. The molecule has 0 unspecified atom stereocenters. The molecule has 4 nitrogen and oxygen atoms in total. The van der Waals surface area contributed by atoms with Crippen molar-refractivity contribution in [1.29, 1.82) is 0 Å². The summed E-state index contributed by atoms with van der Waals surface area (Å²) in [7, 11) is 0. The topological polar surface area (TPSA) is 72.5 Å². The van der Waals surface area contributed by atoms with Crippen molar-refractivity contribution in [2.24, 2.45) is 5.73 Å². The molecule has 2 aromatic rings. The van der Waals surface area contributed by atoms with Crippen LogP contribution >= 0.6 is 11.6 Å². The molecule has 1 fully saturated rings. The Hall–Kier alpha value is -2.04. The average Bonchev–Trinajstić information content (AvgIpc) is 2.68. The minimum Gasteiger partial charge on any atom is -0.487 e. The van der Waals surface area contributed by atoms with Gasteiger partial charge in [0, 0.05) is 6.04 Å². The normalized spacial score (nSPS) is 14.2. The summed E-state index contributed by atoms with van der Waals surface area (Å²) in [6.07, 6.45) is 6.62. The van der Waals surface area contributed by atoms with Gasteiger partial charge >= 0.3 is 5.97 Å². The molecule has 0 amide bonds. The molecule has 0 heterocycles. The van der Waals surface area contributed by atoms with Gasteiger partial charge in [-0.25, -0.2) is 0 Å². The molecule has 0 bridgehead atoms. The highest BCUT2D eigenvalue weighted by atomic mass is 35.5. The maximum atomic E-state index is 10.7. The van der Waals surface area contributed by atoms with Gasteiger partial charge in [-0.1, -0.05) is 75.0 Å². The molecule has 0 atom stereocenters. The number of hydrogen-bond donors (Lipinski definition) is 2. The lowest BCUT2D eigenvalue weighted by Crippen LogP contribution is -2.22. The van der Waals surface area contributed by atoms with Gasteiger partial charge in [-0.15, -0.1) is 0 Å². The van der Waals surface area contributed by atoms with E-state index in [0.29, 0.717) is 34.9 Å². The second-order valence-electron chi connectivity index (χ2n) is 7.92. The average molecular weight is 418 g/mol. The van der Waals surface area contributed by atoms with Crippen LogP contribution in [0.1, 0.15) is 68.6 Å². The van der Waals surface area contributed by atoms with Crippen molar-refractivity contribution < 1.29 is 14.6 Å². The molecular weight excluding hydrogens is 386 g/mol. The van der Waals surface area contributed by atoms with Crippen molar-refractivity contribution >= 4 is 17.6 Å². The number of carboxylic acids is 1. The summed E-state index contributed by atoms with van der Waals surface area (Å²) in [5.41, 5.74) is 8.65. The zero-order valence-electron chi connectivity index (χ0n) is 17.4. The van der Waals surface area contributed by atoms with E-state index in [1.807, 2.05) is 12.1 Å². The summed E-state index contributed by atoms with van der Waals surface area (Å²) in [6, 6.07) is 13.9. The van der Waals surface area contributed by atoms with Crippen LogP contribution < -0.4 is 10.5 Å². The molecule has 0 radical (unpaired) electrons. The molecule has 1 aliphatic carbocycles. The van der Waals surface area contributed by atoms with Crippen molar-refractivity contribution in [3.05, 3.63) is 64.2 Å². The number of hydrogen-bond acceptors (Lipinski definition) is 3. The number of nitrogens with two attached hydrogens (primary N) is 1. The van der Waals surface area contributed by atoms with Crippen molar-refractivity contribution in [2.45, 2.75) is 70.9 Å². The van der Waals surface area contributed by atoms with Crippen LogP contribution in [0.2, 0.25) is 5.02 Å².